The topological polar surface area (TPSA) is 65.1 Å². The number of rotatable bonds is 3. The van der Waals surface area contributed by atoms with Gasteiger partial charge in [-0.15, -0.1) is 11.3 Å². The Morgan fingerprint density at radius 3 is 2.86 bits per heavy atom. The number of nitrogens with zero attached hydrogens (tertiary/aromatic N) is 2. The first kappa shape index (κ1) is 13.8. The molecule has 0 aliphatic rings. The van der Waals surface area contributed by atoms with Gasteiger partial charge >= 0.3 is 5.63 Å². The molecule has 3 aromatic rings. The predicted molar refractivity (Wildman–Crippen MR) is 82.0 cm³/mol. The van der Waals surface area contributed by atoms with Gasteiger partial charge in [-0.05, 0) is 25.5 Å². The molecule has 0 radical (unpaired) electrons. The third-order valence-electron chi connectivity index (χ3n) is 3.30. The van der Waals surface area contributed by atoms with E-state index >= 15 is 0 Å². The van der Waals surface area contributed by atoms with E-state index in [1.807, 2.05) is 12.3 Å². The van der Waals surface area contributed by atoms with Crippen LogP contribution in [0.1, 0.15) is 16.3 Å². The van der Waals surface area contributed by atoms with Crippen LogP contribution in [0.5, 0.6) is 0 Å². The van der Waals surface area contributed by atoms with Gasteiger partial charge in [0.15, 0.2) is 0 Å². The summed E-state index contributed by atoms with van der Waals surface area (Å²) in [6, 6.07) is 3.01. The molecule has 0 saturated heterocycles. The number of aromatic nitrogens is 2. The van der Waals surface area contributed by atoms with E-state index in [0.717, 1.165) is 10.7 Å². The Bertz CT molecular complexity index is 921. The fourth-order valence-electron chi connectivity index (χ4n) is 2.30. The van der Waals surface area contributed by atoms with Gasteiger partial charge in [-0.1, -0.05) is 0 Å². The minimum atomic E-state index is -0.435. The van der Waals surface area contributed by atoms with E-state index in [4.69, 9.17) is 4.42 Å². The fraction of sp³-hybridized carbons (Fsp3) is 0.267. The lowest BCUT2D eigenvalue weighted by Gasteiger charge is -2.06. The summed E-state index contributed by atoms with van der Waals surface area (Å²) in [7, 11) is 0. The molecule has 6 heteroatoms. The maximum atomic E-state index is 12.5. The van der Waals surface area contributed by atoms with Gasteiger partial charge in [0, 0.05) is 36.3 Å². The average Bonchev–Trinajstić information content (AvgIpc) is 2.83. The van der Waals surface area contributed by atoms with Crippen molar-refractivity contribution >= 4 is 22.3 Å². The number of hydrogen-bond donors (Lipinski definition) is 0. The summed E-state index contributed by atoms with van der Waals surface area (Å²) in [5.41, 5.74) is 1.41. The third-order valence-corrected chi connectivity index (χ3v) is 4.33. The van der Waals surface area contributed by atoms with Crippen LogP contribution in [0, 0.1) is 13.8 Å². The first-order chi connectivity index (χ1) is 10.0. The zero-order valence-electron chi connectivity index (χ0n) is 11.8. The Balaban J connectivity index is 1.98. The molecule has 0 aliphatic carbocycles. The Hall–Kier alpha value is -2.21. The van der Waals surface area contributed by atoms with E-state index in [2.05, 4.69) is 4.98 Å². The van der Waals surface area contributed by atoms with Gasteiger partial charge in [0.25, 0.3) is 5.56 Å². The van der Waals surface area contributed by atoms with Crippen molar-refractivity contribution in [3.63, 3.8) is 0 Å². The molecule has 3 rings (SSSR count). The molecule has 0 aliphatic heterocycles. The number of pyridine rings is 1. The van der Waals surface area contributed by atoms with Crippen LogP contribution in [0.3, 0.4) is 0 Å². The highest BCUT2D eigenvalue weighted by atomic mass is 32.1. The van der Waals surface area contributed by atoms with Crippen LogP contribution in [0.25, 0.3) is 11.0 Å². The van der Waals surface area contributed by atoms with Crippen LogP contribution < -0.4 is 11.2 Å². The maximum absolute atomic E-state index is 12.5. The highest BCUT2D eigenvalue weighted by molar-refractivity contribution is 7.09. The second-order valence-electron chi connectivity index (χ2n) is 4.93. The van der Waals surface area contributed by atoms with Gasteiger partial charge in [0.2, 0.25) is 0 Å². The summed E-state index contributed by atoms with van der Waals surface area (Å²) in [5, 5.41) is 3.47. The molecule has 3 aromatic heterocycles. The molecule has 0 bridgehead atoms. The summed E-state index contributed by atoms with van der Waals surface area (Å²) in [4.78, 5) is 28.2. The summed E-state index contributed by atoms with van der Waals surface area (Å²) < 4.78 is 6.70. The highest BCUT2D eigenvalue weighted by Crippen LogP contribution is 2.13. The van der Waals surface area contributed by atoms with Crippen LogP contribution in [-0.4, -0.2) is 9.55 Å². The van der Waals surface area contributed by atoms with E-state index in [1.165, 1.54) is 6.07 Å². The van der Waals surface area contributed by atoms with Gasteiger partial charge < -0.3 is 8.98 Å². The van der Waals surface area contributed by atoms with Gasteiger partial charge in [0.1, 0.15) is 5.58 Å². The number of thiazole rings is 1. The monoisotopic (exact) mass is 302 g/mol. The van der Waals surface area contributed by atoms with E-state index in [1.54, 1.807) is 35.1 Å². The van der Waals surface area contributed by atoms with Gasteiger partial charge in [-0.25, -0.2) is 9.78 Å². The van der Waals surface area contributed by atoms with E-state index < -0.39 is 5.63 Å². The van der Waals surface area contributed by atoms with Gasteiger partial charge in [0.05, 0.1) is 10.4 Å². The minimum absolute atomic E-state index is 0.137. The molecule has 0 fully saturated rings. The van der Waals surface area contributed by atoms with E-state index in [0.29, 0.717) is 29.5 Å². The predicted octanol–water partition coefficient (Wildman–Crippen LogP) is 2.27. The number of hydrogen-bond acceptors (Lipinski definition) is 5. The number of aryl methyl sites for hydroxylation is 4. The van der Waals surface area contributed by atoms with E-state index in [-0.39, 0.29) is 5.56 Å². The molecule has 5 nitrogen and oxygen atoms in total. The molecular formula is C15H14N2O3S. The summed E-state index contributed by atoms with van der Waals surface area (Å²) >= 11 is 1.60. The first-order valence-corrected chi connectivity index (χ1v) is 7.47. The van der Waals surface area contributed by atoms with Gasteiger partial charge in [-0.2, -0.15) is 0 Å². The second-order valence-corrected chi connectivity index (χ2v) is 5.88. The molecule has 21 heavy (non-hydrogen) atoms. The van der Waals surface area contributed by atoms with Crippen LogP contribution in [0.15, 0.2) is 37.7 Å². The number of fused-ring (bicyclic) bond motifs is 1. The lowest BCUT2D eigenvalue weighted by atomic mass is 10.2. The van der Waals surface area contributed by atoms with Crippen molar-refractivity contribution in [2.45, 2.75) is 26.8 Å². The highest BCUT2D eigenvalue weighted by Gasteiger charge is 2.09. The normalized spacial score (nSPS) is 11.1. The Morgan fingerprint density at radius 2 is 2.14 bits per heavy atom. The first-order valence-electron chi connectivity index (χ1n) is 6.59. The van der Waals surface area contributed by atoms with Crippen LogP contribution in [0.4, 0.5) is 0 Å². The largest absolute Gasteiger partial charge is 0.422 e. The SMILES string of the molecule is Cc1csc(CCn2ccc3oc(=O)cc(C)c3c2=O)n1. The van der Waals surface area contributed by atoms with Crippen molar-refractivity contribution < 1.29 is 4.42 Å². The Labute approximate surface area is 124 Å². The Morgan fingerprint density at radius 1 is 1.33 bits per heavy atom. The molecule has 3 heterocycles. The zero-order valence-corrected chi connectivity index (χ0v) is 12.6. The lowest BCUT2D eigenvalue weighted by molar-refractivity contribution is 0.556. The summed E-state index contributed by atoms with van der Waals surface area (Å²) in [6.07, 6.45) is 2.37. The molecule has 0 atom stereocenters. The molecule has 0 N–H and O–H groups in total. The van der Waals surface area contributed by atoms with Crippen molar-refractivity contribution in [3.8, 4) is 0 Å². The molecule has 0 unspecified atom stereocenters. The smallest absolute Gasteiger partial charge is 0.336 e. The zero-order chi connectivity index (χ0) is 15.0. The minimum Gasteiger partial charge on any atom is -0.422 e. The van der Waals surface area contributed by atoms with Crippen molar-refractivity contribution in [1.29, 1.82) is 0 Å². The summed E-state index contributed by atoms with van der Waals surface area (Å²) in [6.45, 7) is 4.25. The third kappa shape index (κ3) is 2.67. The molecule has 0 amide bonds. The Kier molecular flexibility index (Phi) is 3.47. The van der Waals surface area contributed by atoms with Crippen molar-refractivity contribution in [2.24, 2.45) is 0 Å². The fourth-order valence-corrected chi connectivity index (χ4v) is 3.07. The molecule has 0 saturated carbocycles. The molecular weight excluding hydrogens is 288 g/mol. The standard InChI is InChI=1S/C15H14N2O3S/c1-9-7-13(18)20-11-3-5-17(15(19)14(9)11)6-4-12-16-10(2)8-21-12/h3,5,7-8H,4,6H2,1-2H3. The average molecular weight is 302 g/mol. The second kappa shape index (κ2) is 5.29. The van der Waals surface area contributed by atoms with Crippen molar-refractivity contribution in [3.05, 3.63) is 60.7 Å². The quantitative estimate of drug-likeness (QED) is 0.744. The lowest BCUT2D eigenvalue weighted by Crippen LogP contribution is -2.22. The molecule has 0 spiro atoms. The molecule has 0 aromatic carbocycles. The summed E-state index contributed by atoms with van der Waals surface area (Å²) in [5.74, 6) is 0. The van der Waals surface area contributed by atoms with Crippen LogP contribution in [0.2, 0.25) is 0 Å². The van der Waals surface area contributed by atoms with Crippen molar-refractivity contribution in [1.82, 2.24) is 9.55 Å². The van der Waals surface area contributed by atoms with Gasteiger partial charge in [-0.3, -0.25) is 4.79 Å². The van der Waals surface area contributed by atoms with E-state index in [9.17, 15) is 9.59 Å². The van der Waals surface area contributed by atoms with Crippen LogP contribution >= 0.6 is 11.3 Å². The molecule has 108 valence electrons. The maximum Gasteiger partial charge on any atom is 0.336 e. The van der Waals surface area contributed by atoms with Crippen molar-refractivity contribution in [2.75, 3.05) is 0 Å². The van der Waals surface area contributed by atoms with Crippen LogP contribution in [-0.2, 0) is 13.0 Å².